The summed E-state index contributed by atoms with van der Waals surface area (Å²) in [5, 5.41) is 9.46. The molecule has 0 aromatic carbocycles. The quantitative estimate of drug-likeness (QED) is 0.616. The Kier molecular flexibility index (Phi) is 3.25. The smallest absolute Gasteiger partial charge is 0.140 e. The lowest BCUT2D eigenvalue weighted by atomic mass is 10.1. The van der Waals surface area contributed by atoms with Gasteiger partial charge in [-0.3, -0.25) is 0 Å². The van der Waals surface area contributed by atoms with E-state index in [0.717, 1.165) is 40.2 Å². The van der Waals surface area contributed by atoms with Crippen molar-refractivity contribution in [2.24, 2.45) is 0 Å². The molecule has 0 saturated heterocycles. The van der Waals surface area contributed by atoms with Gasteiger partial charge >= 0.3 is 0 Å². The van der Waals surface area contributed by atoms with Crippen molar-refractivity contribution in [1.82, 2.24) is 18.8 Å². The molecule has 1 aliphatic rings. The molecule has 5 heteroatoms. The van der Waals surface area contributed by atoms with Gasteiger partial charge in [-0.2, -0.15) is 0 Å². The van der Waals surface area contributed by atoms with Crippen LogP contribution >= 0.6 is 0 Å². The lowest BCUT2D eigenvalue weighted by Gasteiger charge is -2.02. The van der Waals surface area contributed by atoms with Gasteiger partial charge in [-0.05, 0) is 61.6 Å². The molecular weight excluding hydrogens is 324 g/mol. The predicted octanol–water partition coefficient (Wildman–Crippen LogP) is 3.67. The molecule has 1 fully saturated rings. The van der Waals surface area contributed by atoms with Crippen LogP contribution in [0.4, 0.5) is 0 Å². The van der Waals surface area contributed by atoms with Crippen LogP contribution in [0.3, 0.4) is 0 Å². The number of aromatic nitrogens is 4. The highest BCUT2D eigenvalue weighted by Crippen LogP contribution is 2.54. The van der Waals surface area contributed by atoms with Gasteiger partial charge in [0.15, 0.2) is 0 Å². The summed E-state index contributed by atoms with van der Waals surface area (Å²) in [6.07, 6.45) is 9.46. The van der Waals surface area contributed by atoms with Crippen molar-refractivity contribution in [3.8, 4) is 0 Å². The van der Waals surface area contributed by atoms with Crippen molar-refractivity contribution in [1.29, 1.82) is 0 Å². The molecule has 1 N–H and O–H groups in total. The minimum absolute atomic E-state index is 0.0522. The molecule has 2 unspecified atom stereocenters. The predicted molar refractivity (Wildman–Crippen MR) is 101 cm³/mol. The van der Waals surface area contributed by atoms with E-state index in [1.54, 1.807) is 0 Å². The van der Waals surface area contributed by atoms with Crippen molar-refractivity contribution in [3.05, 3.63) is 70.6 Å². The zero-order valence-corrected chi connectivity index (χ0v) is 15.3. The number of pyridine rings is 2. The monoisotopic (exact) mass is 346 g/mol. The van der Waals surface area contributed by atoms with Crippen LogP contribution in [-0.2, 0) is 6.61 Å². The van der Waals surface area contributed by atoms with Gasteiger partial charge in [-0.1, -0.05) is 0 Å². The van der Waals surface area contributed by atoms with Gasteiger partial charge in [-0.15, -0.1) is 0 Å². The van der Waals surface area contributed by atoms with E-state index in [1.807, 2.05) is 19.2 Å². The summed E-state index contributed by atoms with van der Waals surface area (Å²) in [5.41, 5.74) is 8.80. The highest BCUT2D eigenvalue weighted by Gasteiger charge is 2.43. The summed E-state index contributed by atoms with van der Waals surface area (Å²) in [7, 11) is 0. The van der Waals surface area contributed by atoms with E-state index in [4.69, 9.17) is 9.97 Å². The molecule has 5 rings (SSSR count). The molecule has 0 amide bonds. The molecule has 4 aromatic heterocycles. The van der Waals surface area contributed by atoms with Gasteiger partial charge in [0, 0.05) is 36.6 Å². The van der Waals surface area contributed by atoms with Crippen LogP contribution in [-0.4, -0.2) is 23.9 Å². The second-order valence-electron chi connectivity index (χ2n) is 7.49. The fourth-order valence-electron chi connectivity index (χ4n) is 3.92. The Balaban J connectivity index is 1.50. The maximum Gasteiger partial charge on any atom is 0.140 e. The third-order valence-corrected chi connectivity index (χ3v) is 5.89. The van der Waals surface area contributed by atoms with Gasteiger partial charge in [0.2, 0.25) is 0 Å². The Bertz CT molecular complexity index is 1150. The lowest BCUT2D eigenvalue weighted by Crippen LogP contribution is -1.93. The molecule has 0 radical (unpaired) electrons. The highest BCUT2D eigenvalue weighted by atomic mass is 16.3. The van der Waals surface area contributed by atoms with E-state index in [1.165, 1.54) is 11.1 Å². The number of nitrogens with zero attached hydrogens (tertiary/aromatic N) is 4. The van der Waals surface area contributed by atoms with Crippen LogP contribution in [0.15, 0.2) is 36.9 Å². The Labute approximate surface area is 152 Å². The third-order valence-electron chi connectivity index (χ3n) is 5.89. The second kappa shape index (κ2) is 5.42. The summed E-state index contributed by atoms with van der Waals surface area (Å²) in [5.74, 6) is 0.871. The molecule has 4 heterocycles. The molecule has 2 atom stereocenters. The summed E-state index contributed by atoms with van der Waals surface area (Å²) in [6, 6.07) is 4.10. The molecule has 132 valence electrons. The molecule has 0 aliphatic heterocycles. The number of fused-ring (bicyclic) bond motifs is 2. The SMILES string of the molecule is Cc1ccn2cc(C3CC3c3cn4ccc(CO)c(C)c4n3)nc2c1C. The van der Waals surface area contributed by atoms with Crippen LogP contribution in [0.1, 0.15) is 51.9 Å². The van der Waals surface area contributed by atoms with Crippen LogP contribution in [0, 0.1) is 20.8 Å². The Morgan fingerprint density at radius 1 is 0.923 bits per heavy atom. The lowest BCUT2D eigenvalue weighted by molar-refractivity contribution is 0.281. The standard InChI is InChI=1S/C21H22N4O/c1-12-4-6-24-9-18(22-20(24)13(12)2)16-8-17(16)19-10-25-7-5-15(11-26)14(3)21(25)23-19/h4-7,9-10,16-17,26H,8,11H2,1-3H3. The fourth-order valence-corrected chi connectivity index (χ4v) is 3.92. The highest BCUT2D eigenvalue weighted by molar-refractivity contribution is 5.54. The topological polar surface area (TPSA) is 54.8 Å². The summed E-state index contributed by atoms with van der Waals surface area (Å²) < 4.78 is 4.20. The first-order valence-corrected chi connectivity index (χ1v) is 9.09. The molecule has 5 nitrogen and oxygen atoms in total. The van der Waals surface area contributed by atoms with Gasteiger partial charge in [-0.25, -0.2) is 9.97 Å². The molecule has 0 bridgehead atoms. The van der Waals surface area contributed by atoms with E-state index in [0.29, 0.717) is 11.8 Å². The summed E-state index contributed by atoms with van der Waals surface area (Å²) >= 11 is 0. The number of aryl methyl sites for hydroxylation is 3. The molecule has 1 saturated carbocycles. The van der Waals surface area contributed by atoms with Crippen LogP contribution in [0.25, 0.3) is 11.3 Å². The summed E-state index contributed by atoms with van der Waals surface area (Å²) in [6.45, 7) is 6.34. The maximum absolute atomic E-state index is 9.46. The van der Waals surface area contributed by atoms with Crippen molar-refractivity contribution >= 4 is 11.3 Å². The van der Waals surface area contributed by atoms with E-state index >= 15 is 0 Å². The number of rotatable bonds is 3. The van der Waals surface area contributed by atoms with E-state index in [2.05, 4.69) is 47.3 Å². The van der Waals surface area contributed by atoms with Gasteiger partial charge in [0.25, 0.3) is 0 Å². The number of imidazole rings is 2. The minimum atomic E-state index is 0.0522. The second-order valence-corrected chi connectivity index (χ2v) is 7.49. The Hall–Kier alpha value is -2.66. The van der Waals surface area contributed by atoms with E-state index in [9.17, 15) is 5.11 Å². The van der Waals surface area contributed by atoms with Crippen LogP contribution in [0.2, 0.25) is 0 Å². The number of aliphatic hydroxyl groups excluding tert-OH is 1. The molecule has 0 spiro atoms. The minimum Gasteiger partial charge on any atom is -0.392 e. The van der Waals surface area contributed by atoms with E-state index < -0.39 is 0 Å². The van der Waals surface area contributed by atoms with Crippen LogP contribution in [0.5, 0.6) is 0 Å². The molecule has 4 aromatic rings. The fraction of sp³-hybridized carbons (Fsp3) is 0.333. The van der Waals surface area contributed by atoms with Crippen molar-refractivity contribution in [2.45, 2.75) is 45.6 Å². The molecule has 1 aliphatic carbocycles. The largest absolute Gasteiger partial charge is 0.392 e. The van der Waals surface area contributed by atoms with Crippen LogP contribution < -0.4 is 0 Å². The maximum atomic E-state index is 9.46. The van der Waals surface area contributed by atoms with Gasteiger partial charge in [0.05, 0.1) is 18.0 Å². The average Bonchev–Trinajstić information content (AvgIpc) is 3.12. The van der Waals surface area contributed by atoms with Gasteiger partial charge in [0.1, 0.15) is 11.3 Å². The van der Waals surface area contributed by atoms with E-state index in [-0.39, 0.29) is 6.61 Å². The first-order valence-electron chi connectivity index (χ1n) is 9.09. The summed E-state index contributed by atoms with van der Waals surface area (Å²) in [4.78, 5) is 9.77. The Morgan fingerprint density at radius 2 is 1.50 bits per heavy atom. The number of hydrogen-bond donors (Lipinski definition) is 1. The number of aliphatic hydroxyl groups is 1. The Morgan fingerprint density at radius 3 is 2.12 bits per heavy atom. The first kappa shape index (κ1) is 15.6. The first-order chi connectivity index (χ1) is 12.6. The number of hydrogen-bond acceptors (Lipinski definition) is 3. The third kappa shape index (κ3) is 2.20. The normalized spacial score (nSPS) is 19.5. The van der Waals surface area contributed by atoms with Gasteiger partial charge < -0.3 is 13.9 Å². The average molecular weight is 346 g/mol. The van der Waals surface area contributed by atoms with Crippen molar-refractivity contribution < 1.29 is 5.11 Å². The van der Waals surface area contributed by atoms with Crippen molar-refractivity contribution in [3.63, 3.8) is 0 Å². The molecular formula is C21H22N4O. The zero-order valence-electron chi connectivity index (χ0n) is 15.3. The molecule has 26 heavy (non-hydrogen) atoms. The zero-order chi connectivity index (χ0) is 18.0. The van der Waals surface area contributed by atoms with Crippen molar-refractivity contribution in [2.75, 3.05) is 0 Å².